The topological polar surface area (TPSA) is 44.3 Å². The minimum Gasteiger partial charge on any atom is -0.314 e. The number of nitrogens with one attached hydrogen (secondary N) is 1. The molecular formula is C14H23N5. The minimum absolute atomic E-state index is 0.592. The second-order valence-electron chi connectivity index (χ2n) is 5.67. The summed E-state index contributed by atoms with van der Waals surface area (Å²) in [5, 5.41) is 3.37. The molecule has 104 valence electrons. The van der Waals surface area contributed by atoms with E-state index in [1.165, 1.54) is 18.7 Å². The maximum atomic E-state index is 4.78. The summed E-state index contributed by atoms with van der Waals surface area (Å²) >= 11 is 0. The maximum Gasteiger partial charge on any atom is 0.142 e. The van der Waals surface area contributed by atoms with Crippen molar-refractivity contribution < 1.29 is 0 Å². The maximum absolute atomic E-state index is 4.78. The second-order valence-corrected chi connectivity index (χ2v) is 5.67. The normalized spacial score (nSPS) is 25.8. The van der Waals surface area contributed by atoms with Gasteiger partial charge in [0.05, 0.1) is 6.54 Å². The number of aromatic nitrogens is 2. The number of rotatable bonds is 3. The van der Waals surface area contributed by atoms with E-state index in [2.05, 4.69) is 33.2 Å². The number of nitrogens with zero attached hydrogens (tertiary/aromatic N) is 4. The van der Waals surface area contributed by atoms with Gasteiger partial charge in [0.1, 0.15) is 5.82 Å². The Kier molecular flexibility index (Phi) is 4.06. The van der Waals surface area contributed by atoms with E-state index in [0.717, 1.165) is 45.1 Å². The largest absolute Gasteiger partial charge is 0.314 e. The molecule has 1 N–H and O–H groups in total. The van der Waals surface area contributed by atoms with Crippen LogP contribution in [0, 0.1) is 0 Å². The van der Waals surface area contributed by atoms with Crippen LogP contribution in [0.15, 0.2) is 12.3 Å². The zero-order valence-electron chi connectivity index (χ0n) is 11.7. The first-order valence-electron chi connectivity index (χ1n) is 7.25. The summed E-state index contributed by atoms with van der Waals surface area (Å²) in [6, 6.07) is 2.09. The van der Waals surface area contributed by atoms with Crippen LogP contribution in [0.4, 0.5) is 0 Å². The first-order chi connectivity index (χ1) is 9.31. The Balaban J connectivity index is 1.65. The predicted molar refractivity (Wildman–Crippen MR) is 75.0 cm³/mol. The van der Waals surface area contributed by atoms with Crippen molar-refractivity contribution in [1.82, 2.24) is 25.1 Å². The Morgan fingerprint density at radius 1 is 1.32 bits per heavy atom. The molecule has 0 spiro atoms. The van der Waals surface area contributed by atoms with E-state index in [9.17, 15) is 0 Å². The molecule has 2 fully saturated rings. The molecule has 0 aliphatic carbocycles. The van der Waals surface area contributed by atoms with E-state index in [-0.39, 0.29) is 0 Å². The monoisotopic (exact) mass is 261 g/mol. The molecule has 5 nitrogen and oxygen atoms in total. The Morgan fingerprint density at radius 2 is 2.16 bits per heavy atom. The molecule has 1 aromatic rings. The summed E-state index contributed by atoms with van der Waals surface area (Å²) < 4.78 is 0. The molecule has 0 saturated carbocycles. The van der Waals surface area contributed by atoms with Gasteiger partial charge < -0.3 is 10.2 Å². The van der Waals surface area contributed by atoms with Gasteiger partial charge in [0.15, 0.2) is 0 Å². The first-order valence-corrected chi connectivity index (χ1v) is 7.25. The lowest BCUT2D eigenvalue weighted by Gasteiger charge is -2.26. The molecule has 3 heterocycles. The molecule has 2 saturated heterocycles. The fourth-order valence-corrected chi connectivity index (χ4v) is 2.96. The fourth-order valence-electron chi connectivity index (χ4n) is 2.96. The Hall–Kier alpha value is -1.04. The zero-order chi connectivity index (χ0) is 13.1. The van der Waals surface area contributed by atoms with Crippen molar-refractivity contribution in [1.29, 1.82) is 0 Å². The van der Waals surface area contributed by atoms with E-state index >= 15 is 0 Å². The van der Waals surface area contributed by atoms with Crippen LogP contribution in [0.1, 0.15) is 23.9 Å². The van der Waals surface area contributed by atoms with Crippen molar-refractivity contribution in [3.8, 4) is 0 Å². The zero-order valence-corrected chi connectivity index (χ0v) is 11.7. The van der Waals surface area contributed by atoms with Crippen molar-refractivity contribution in [2.45, 2.75) is 18.9 Å². The molecule has 0 bridgehead atoms. The van der Waals surface area contributed by atoms with Gasteiger partial charge >= 0.3 is 0 Å². The molecule has 3 rings (SSSR count). The van der Waals surface area contributed by atoms with Crippen LogP contribution in [-0.2, 0) is 6.54 Å². The van der Waals surface area contributed by atoms with E-state index < -0.39 is 0 Å². The Morgan fingerprint density at radius 3 is 2.89 bits per heavy atom. The second kappa shape index (κ2) is 5.94. The molecule has 19 heavy (non-hydrogen) atoms. The average molecular weight is 261 g/mol. The highest BCUT2D eigenvalue weighted by molar-refractivity contribution is 5.11. The third-order valence-electron chi connectivity index (χ3n) is 4.11. The van der Waals surface area contributed by atoms with Crippen LogP contribution < -0.4 is 5.32 Å². The number of piperazine rings is 1. The van der Waals surface area contributed by atoms with Gasteiger partial charge in [0, 0.05) is 50.5 Å². The molecule has 1 aromatic heterocycles. The van der Waals surface area contributed by atoms with Crippen LogP contribution in [0.25, 0.3) is 0 Å². The summed E-state index contributed by atoms with van der Waals surface area (Å²) in [7, 11) is 2.18. The van der Waals surface area contributed by atoms with Gasteiger partial charge in [-0.3, -0.25) is 4.90 Å². The SMILES string of the molecule is CN1CCC(c2ccnc(CN3CCNCC3)n2)C1. The van der Waals surface area contributed by atoms with Gasteiger partial charge in [0.2, 0.25) is 0 Å². The van der Waals surface area contributed by atoms with Gasteiger partial charge in [-0.2, -0.15) is 0 Å². The highest BCUT2D eigenvalue weighted by Gasteiger charge is 2.22. The molecule has 0 amide bonds. The Bertz CT molecular complexity index is 416. The fraction of sp³-hybridized carbons (Fsp3) is 0.714. The van der Waals surface area contributed by atoms with Crippen LogP contribution >= 0.6 is 0 Å². The van der Waals surface area contributed by atoms with E-state index in [4.69, 9.17) is 4.98 Å². The van der Waals surface area contributed by atoms with E-state index in [1.807, 2.05) is 6.20 Å². The van der Waals surface area contributed by atoms with Crippen LogP contribution in [0.2, 0.25) is 0 Å². The number of likely N-dealkylation sites (N-methyl/N-ethyl adjacent to an activating group) is 1. The van der Waals surface area contributed by atoms with Gasteiger partial charge in [-0.25, -0.2) is 9.97 Å². The lowest BCUT2D eigenvalue weighted by molar-refractivity contribution is 0.227. The summed E-state index contributed by atoms with van der Waals surface area (Å²) in [5.41, 5.74) is 1.23. The van der Waals surface area contributed by atoms with E-state index in [0.29, 0.717) is 5.92 Å². The molecule has 1 atom stereocenters. The third kappa shape index (κ3) is 3.29. The van der Waals surface area contributed by atoms with E-state index in [1.54, 1.807) is 0 Å². The average Bonchev–Trinajstić information content (AvgIpc) is 2.87. The van der Waals surface area contributed by atoms with Gasteiger partial charge in [-0.1, -0.05) is 0 Å². The van der Waals surface area contributed by atoms with Crippen LogP contribution in [0.5, 0.6) is 0 Å². The smallest absolute Gasteiger partial charge is 0.142 e. The summed E-state index contributed by atoms with van der Waals surface area (Å²) in [6.45, 7) is 7.55. The van der Waals surface area contributed by atoms with Crippen molar-refractivity contribution >= 4 is 0 Å². The minimum atomic E-state index is 0.592. The summed E-state index contributed by atoms with van der Waals surface area (Å²) in [4.78, 5) is 14.0. The third-order valence-corrected chi connectivity index (χ3v) is 4.11. The van der Waals surface area contributed by atoms with Gasteiger partial charge in [-0.05, 0) is 26.1 Å². The molecule has 0 aromatic carbocycles. The number of hydrogen-bond acceptors (Lipinski definition) is 5. The summed E-state index contributed by atoms with van der Waals surface area (Å²) in [6.07, 6.45) is 3.15. The molecule has 2 aliphatic rings. The molecule has 5 heteroatoms. The molecule has 0 radical (unpaired) electrons. The van der Waals surface area contributed by atoms with Crippen molar-refractivity contribution in [3.05, 3.63) is 23.8 Å². The van der Waals surface area contributed by atoms with Crippen LogP contribution in [-0.4, -0.2) is 66.1 Å². The predicted octanol–water partition coefficient (Wildman–Crippen LogP) is 0.301. The summed E-state index contributed by atoms with van der Waals surface area (Å²) in [5.74, 6) is 1.57. The first kappa shape index (κ1) is 13.0. The van der Waals surface area contributed by atoms with Gasteiger partial charge in [0.25, 0.3) is 0 Å². The van der Waals surface area contributed by atoms with Crippen molar-refractivity contribution in [2.75, 3.05) is 46.3 Å². The van der Waals surface area contributed by atoms with Crippen LogP contribution in [0.3, 0.4) is 0 Å². The lowest BCUT2D eigenvalue weighted by Crippen LogP contribution is -2.43. The van der Waals surface area contributed by atoms with Gasteiger partial charge in [-0.15, -0.1) is 0 Å². The molecule has 1 unspecified atom stereocenters. The van der Waals surface area contributed by atoms with Crippen molar-refractivity contribution in [2.24, 2.45) is 0 Å². The highest BCUT2D eigenvalue weighted by Crippen LogP contribution is 2.24. The quantitative estimate of drug-likeness (QED) is 0.848. The molecular weight excluding hydrogens is 238 g/mol. The van der Waals surface area contributed by atoms with Crippen molar-refractivity contribution in [3.63, 3.8) is 0 Å². The lowest BCUT2D eigenvalue weighted by atomic mass is 10.1. The Labute approximate surface area is 115 Å². The number of hydrogen-bond donors (Lipinski definition) is 1. The highest BCUT2D eigenvalue weighted by atomic mass is 15.2. The molecule has 2 aliphatic heterocycles. The number of likely N-dealkylation sites (tertiary alicyclic amines) is 1. The standard InChI is InChI=1S/C14H23N5/c1-18-7-3-12(10-18)13-2-4-16-14(17-13)11-19-8-5-15-6-9-19/h2,4,12,15H,3,5-11H2,1H3.